The minimum absolute atomic E-state index is 0.0267. The summed E-state index contributed by atoms with van der Waals surface area (Å²) in [6.07, 6.45) is 5.37. The van der Waals surface area contributed by atoms with Crippen molar-refractivity contribution in [2.24, 2.45) is 0 Å². The van der Waals surface area contributed by atoms with Crippen molar-refractivity contribution in [3.63, 3.8) is 0 Å². The van der Waals surface area contributed by atoms with Gasteiger partial charge in [0.15, 0.2) is 0 Å². The maximum absolute atomic E-state index is 12.8. The van der Waals surface area contributed by atoms with Crippen LogP contribution in [-0.2, 0) is 11.3 Å². The summed E-state index contributed by atoms with van der Waals surface area (Å²) in [5.41, 5.74) is 5.73. The number of halogens is 1. The van der Waals surface area contributed by atoms with Crippen LogP contribution in [-0.4, -0.2) is 39.6 Å². The number of anilines is 1. The molecule has 6 nitrogen and oxygen atoms in total. The van der Waals surface area contributed by atoms with E-state index in [0.29, 0.717) is 22.8 Å². The lowest BCUT2D eigenvalue weighted by Gasteiger charge is -2.18. The predicted octanol–water partition coefficient (Wildman–Crippen LogP) is 5.40. The van der Waals surface area contributed by atoms with E-state index in [1.165, 1.54) is 6.08 Å². The molecular weight excluding hydrogens is 448 g/mol. The third-order valence-electron chi connectivity index (χ3n) is 6.33. The molecule has 1 saturated heterocycles. The molecule has 0 unspecified atom stereocenters. The lowest BCUT2D eigenvalue weighted by atomic mass is 10.1. The van der Waals surface area contributed by atoms with Gasteiger partial charge in [-0.05, 0) is 69.0 Å². The van der Waals surface area contributed by atoms with Gasteiger partial charge in [-0.2, -0.15) is 5.10 Å². The maximum Gasteiger partial charge on any atom is 0.254 e. The molecular formula is C27H29ClN4O2. The number of nitrogens with one attached hydrogen (secondary N) is 1. The Morgan fingerprint density at radius 1 is 1.06 bits per heavy atom. The van der Waals surface area contributed by atoms with Crippen molar-refractivity contribution in [1.29, 1.82) is 0 Å². The van der Waals surface area contributed by atoms with Crippen LogP contribution in [0.2, 0.25) is 5.02 Å². The van der Waals surface area contributed by atoms with E-state index in [1.54, 1.807) is 6.08 Å². The molecule has 34 heavy (non-hydrogen) atoms. The van der Waals surface area contributed by atoms with Gasteiger partial charge in [-0.15, -0.1) is 0 Å². The Balaban J connectivity index is 1.48. The summed E-state index contributed by atoms with van der Waals surface area (Å²) >= 11 is 6.30. The number of nitrogens with zero attached hydrogens (tertiary/aromatic N) is 3. The fourth-order valence-corrected chi connectivity index (χ4v) is 4.52. The molecule has 4 rings (SSSR count). The monoisotopic (exact) mass is 476 g/mol. The second-order valence-corrected chi connectivity index (χ2v) is 9.04. The van der Waals surface area contributed by atoms with Crippen molar-refractivity contribution in [1.82, 2.24) is 14.7 Å². The van der Waals surface area contributed by atoms with E-state index in [9.17, 15) is 9.59 Å². The van der Waals surface area contributed by atoms with Crippen LogP contribution in [0.25, 0.3) is 6.08 Å². The number of likely N-dealkylation sites (tertiary alicyclic amines) is 1. The smallest absolute Gasteiger partial charge is 0.254 e. The van der Waals surface area contributed by atoms with Gasteiger partial charge < -0.3 is 10.2 Å². The standard InChI is InChI=1S/C27H29ClN4O2/c1-18-22(27(34)31-15-6-7-16-31)10-8-12-25(18)29-26(33)14-13-23-19(2)30-32(20(23)3)17-21-9-4-5-11-24(21)28/h4-5,8-14H,6-7,15-17H2,1-3H3,(H,29,33)/b14-13+. The normalized spacial score (nSPS) is 13.6. The quantitative estimate of drug-likeness (QED) is 0.484. The zero-order valence-corrected chi connectivity index (χ0v) is 20.5. The van der Waals surface area contributed by atoms with E-state index >= 15 is 0 Å². The van der Waals surface area contributed by atoms with Crippen LogP contribution in [0.4, 0.5) is 5.69 Å². The van der Waals surface area contributed by atoms with Gasteiger partial charge in [0.2, 0.25) is 5.91 Å². The molecule has 7 heteroatoms. The number of hydrogen-bond donors (Lipinski definition) is 1. The lowest BCUT2D eigenvalue weighted by Crippen LogP contribution is -2.28. The Labute approximate surface area is 205 Å². The number of carbonyl (C=O) groups is 2. The van der Waals surface area contributed by atoms with Crippen molar-refractivity contribution in [3.8, 4) is 0 Å². The van der Waals surface area contributed by atoms with Gasteiger partial charge in [-0.25, -0.2) is 0 Å². The molecule has 1 N–H and O–H groups in total. The third kappa shape index (κ3) is 5.07. The van der Waals surface area contributed by atoms with Gasteiger partial charge in [0.05, 0.1) is 12.2 Å². The lowest BCUT2D eigenvalue weighted by molar-refractivity contribution is -0.111. The van der Waals surface area contributed by atoms with Crippen molar-refractivity contribution < 1.29 is 9.59 Å². The van der Waals surface area contributed by atoms with E-state index in [1.807, 2.05) is 72.8 Å². The number of carbonyl (C=O) groups excluding carboxylic acids is 2. The largest absolute Gasteiger partial charge is 0.339 e. The van der Waals surface area contributed by atoms with Crippen molar-refractivity contribution >= 4 is 35.2 Å². The molecule has 0 spiro atoms. The average molecular weight is 477 g/mol. The Morgan fingerprint density at radius 2 is 1.79 bits per heavy atom. The Morgan fingerprint density at radius 3 is 2.53 bits per heavy atom. The average Bonchev–Trinajstić information content (AvgIpc) is 3.44. The van der Waals surface area contributed by atoms with E-state index in [2.05, 4.69) is 10.4 Å². The molecule has 0 saturated carbocycles. The molecule has 2 amide bonds. The Bertz CT molecular complexity index is 1260. The topological polar surface area (TPSA) is 67.2 Å². The molecule has 0 atom stereocenters. The summed E-state index contributed by atoms with van der Waals surface area (Å²) in [5, 5.41) is 8.24. The van der Waals surface area contributed by atoms with Gasteiger partial charge in [-0.1, -0.05) is 35.9 Å². The van der Waals surface area contributed by atoms with Crippen LogP contribution in [0.1, 0.15) is 51.3 Å². The summed E-state index contributed by atoms with van der Waals surface area (Å²) in [6.45, 7) is 7.91. The highest BCUT2D eigenvalue weighted by Crippen LogP contribution is 2.23. The Hall–Kier alpha value is -3.38. The summed E-state index contributed by atoms with van der Waals surface area (Å²) in [5.74, 6) is -0.231. The van der Waals surface area contributed by atoms with Gasteiger partial charge in [-0.3, -0.25) is 14.3 Å². The number of hydrogen-bond acceptors (Lipinski definition) is 3. The first-order chi connectivity index (χ1) is 16.3. The molecule has 176 valence electrons. The van der Waals surface area contributed by atoms with Gasteiger partial charge in [0, 0.05) is 46.7 Å². The number of aromatic nitrogens is 2. The van der Waals surface area contributed by atoms with Crippen LogP contribution >= 0.6 is 11.6 Å². The van der Waals surface area contributed by atoms with Crippen LogP contribution in [0, 0.1) is 20.8 Å². The molecule has 2 aromatic carbocycles. The van der Waals surface area contributed by atoms with E-state index in [0.717, 1.165) is 54.0 Å². The van der Waals surface area contributed by atoms with Gasteiger partial charge in [0.1, 0.15) is 0 Å². The molecule has 2 heterocycles. The highest BCUT2D eigenvalue weighted by Gasteiger charge is 2.22. The molecule has 1 aromatic heterocycles. The third-order valence-corrected chi connectivity index (χ3v) is 6.70. The van der Waals surface area contributed by atoms with E-state index in [-0.39, 0.29) is 11.8 Å². The second-order valence-electron chi connectivity index (χ2n) is 8.63. The number of rotatable bonds is 6. The van der Waals surface area contributed by atoms with Crippen LogP contribution in [0.3, 0.4) is 0 Å². The van der Waals surface area contributed by atoms with Crippen LogP contribution in [0.5, 0.6) is 0 Å². The molecule has 0 aliphatic carbocycles. The van der Waals surface area contributed by atoms with E-state index < -0.39 is 0 Å². The molecule has 1 aliphatic rings. The van der Waals surface area contributed by atoms with Gasteiger partial charge in [0.25, 0.3) is 5.91 Å². The first-order valence-corrected chi connectivity index (χ1v) is 11.9. The SMILES string of the molecule is Cc1nn(Cc2ccccc2Cl)c(C)c1/C=C/C(=O)Nc1cccc(C(=O)N2CCCC2)c1C. The molecule has 0 radical (unpaired) electrons. The van der Waals surface area contributed by atoms with Crippen LogP contribution < -0.4 is 5.32 Å². The van der Waals surface area contributed by atoms with Crippen LogP contribution in [0.15, 0.2) is 48.5 Å². The zero-order valence-electron chi connectivity index (χ0n) is 19.8. The van der Waals surface area contributed by atoms with Crippen molar-refractivity contribution in [2.45, 2.75) is 40.2 Å². The summed E-state index contributed by atoms with van der Waals surface area (Å²) in [4.78, 5) is 27.4. The molecule has 1 aliphatic heterocycles. The summed E-state index contributed by atoms with van der Waals surface area (Å²) in [7, 11) is 0. The first-order valence-electron chi connectivity index (χ1n) is 11.5. The van der Waals surface area contributed by atoms with E-state index in [4.69, 9.17) is 11.6 Å². The van der Waals surface area contributed by atoms with Gasteiger partial charge >= 0.3 is 0 Å². The molecule has 3 aromatic rings. The van der Waals surface area contributed by atoms with Crippen molar-refractivity contribution in [2.75, 3.05) is 18.4 Å². The predicted molar refractivity (Wildman–Crippen MR) is 136 cm³/mol. The minimum atomic E-state index is -0.258. The number of benzene rings is 2. The fraction of sp³-hybridized carbons (Fsp3) is 0.296. The fourth-order valence-electron chi connectivity index (χ4n) is 4.32. The zero-order chi connectivity index (χ0) is 24.2. The number of aryl methyl sites for hydroxylation is 1. The highest BCUT2D eigenvalue weighted by molar-refractivity contribution is 6.31. The second kappa shape index (κ2) is 10.3. The highest BCUT2D eigenvalue weighted by atomic mass is 35.5. The summed E-state index contributed by atoms with van der Waals surface area (Å²) in [6, 6.07) is 13.1. The number of amides is 2. The summed E-state index contributed by atoms with van der Waals surface area (Å²) < 4.78 is 1.89. The maximum atomic E-state index is 12.8. The van der Waals surface area contributed by atoms with Crippen molar-refractivity contribution in [3.05, 3.63) is 87.2 Å². The molecule has 0 bridgehead atoms. The Kier molecular flexibility index (Phi) is 7.17. The minimum Gasteiger partial charge on any atom is -0.339 e. The first kappa shape index (κ1) is 23.8. The molecule has 1 fully saturated rings.